The lowest BCUT2D eigenvalue weighted by atomic mass is 10.1. The third kappa shape index (κ3) is 5.91. The molecule has 0 amide bonds. The lowest BCUT2D eigenvalue weighted by molar-refractivity contribution is 0.669. The van der Waals surface area contributed by atoms with Crippen molar-refractivity contribution in [3.63, 3.8) is 0 Å². The second-order valence-corrected chi connectivity index (χ2v) is 3.09. The summed E-state index contributed by atoms with van der Waals surface area (Å²) in [6.07, 6.45) is 3.35. The Balaban J connectivity index is 3.37. The number of hydrogen-bond donors (Lipinski definition) is 0. The van der Waals surface area contributed by atoms with Crippen molar-refractivity contribution in [3.8, 4) is 0 Å². The van der Waals surface area contributed by atoms with Gasteiger partial charge in [-0.15, -0.1) is 11.6 Å². The highest BCUT2D eigenvalue weighted by Crippen LogP contribution is 2.06. The van der Waals surface area contributed by atoms with E-state index in [2.05, 4.69) is 26.8 Å². The van der Waals surface area contributed by atoms with Gasteiger partial charge in [-0.2, -0.15) is 0 Å². The standard InChI is InChI=1S/C8H15Cl/c1-7(2)4-5-8(3)6-9/h4,8H,5-6H2,1-3H3. The Morgan fingerprint density at radius 3 is 2.44 bits per heavy atom. The highest BCUT2D eigenvalue weighted by atomic mass is 35.5. The van der Waals surface area contributed by atoms with E-state index in [4.69, 9.17) is 11.6 Å². The topological polar surface area (TPSA) is 0 Å². The van der Waals surface area contributed by atoms with E-state index in [1.54, 1.807) is 0 Å². The summed E-state index contributed by atoms with van der Waals surface area (Å²) in [5.41, 5.74) is 1.38. The largest absolute Gasteiger partial charge is 0.126 e. The molecule has 0 aliphatic heterocycles. The van der Waals surface area contributed by atoms with Gasteiger partial charge in [-0.1, -0.05) is 18.6 Å². The fourth-order valence-corrected chi connectivity index (χ4v) is 0.626. The zero-order valence-corrected chi connectivity index (χ0v) is 7.20. The Hall–Kier alpha value is 0.0300. The Morgan fingerprint density at radius 2 is 2.11 bits per heavy atom. The van der Waals surface area contributed by atoms with Crippen molar-refractivity contribution >= 4 is 11.6 Å². The molecule has 54 valence electrons. The minimum Gasteiger partial charge on any atom is -0.126 e. The van der Waals surface area contributed by atoms with Crippen molar-refractivity contribution in [2.24, 2.45) is 5.92 Å². The maximum absolute atomic E-state index is 5.61. The summed E-state index contributed by atoms with van der Waals surface area (Å²) in [7, 11) is 0. The molecule has 0 aliphatic carbocycles. The van der Waals surface area contributed by atoms with Gasteiger partial charge in [-0.25, -0.2) is 0 Å². The van der Waals surface area contributed by atoms with Gasteiger partial charge in [0.1, 0.15) is 0 Å². The number of halogens is 1. The molecule has 0 saturated carbocycles. The van der Waals surface area contributed by atoms with Crippen LogP contribution in [0.3, 0.4) is 0 Å². The number of allylic oxidation sites excluding steroid dienone is 2. The van der Waals surface area contributed by atoms with Crippen LogP contribution in [0, 0.1) is 5.92 Å². The van der Waals surface area contributed by atoms with Crippen LogP contribution in [0.25, 0.3) is 0 Å². The van der Waals surface area contributed by atoms with Crippen LogP contribution >= 0.6 is 11.6 Å². The molecule has 0 spiro atoms. The van der Waals surface area contributed by atoms with E-state index in [0.717, 1.165) is 12.3 Å². The molecule has 0 radical (unpaired) electrons. The van der Waals surface area contributed by atoms with E-state index in [-0.39, 0.29) is 0 Å². The number of alkyl halides is 1. The van der Waals surface area contributed by atoms with Gasteiger partial charge in [0, 0.05) is 5.88 Å². The van der Waals surface area contributed by atoms with Gasteiger partial charge in [0.25, 0.3) is 0 Å². The fraction of sp³-hybridized carbons (Fsp3) is 0.750. The first kappa shape index (κ1) is 9.03. The molecule has 0 rings (SSSR count). The van der Waals surface area contributed by atoms with Crippen LogP contribution < -0.4 is 0 Å². The molecule has 0 heterocycles. The zero-order valence-electron chi connectivity index (χ0n) is 6.45. The van der Waals surface area contributed by atoms with Gasteiger partial charge in [0.2, 0.25) is 0 Å². The number of rotatable bonds is 3. The molecule has 0 bridgehead atoms. The predicted molar refractivity (Wildman–Crippen MR) is 43.9 cm³/mol. The molecule has 0 aromatic carbocycles. The molecule has 0 aliphatic rings. The molecule has 0 N–H and O–H groups in total. The van der Waals surface area contributed by atoms with Crippen molar-refractivity contribution in [1.29, 1.82) is 0 Å². The normalized spacial score (nSPS) is 12.9. The molecular formula is C8H15Cl. The minimum absolute atomic E-state index is 0.626. The molecule has 0 nitrogen and oxygen atoms in total. The van der Waals surface area contributed by atoms with E-state index in [9.17, 15) is 0 Å². The Bertz CT molecular complexity index is 90.7. The molecule has 1 unspecified atom stereocenters. The molecule has 0 saturated heterocycles. The Morgan fingerprint density at radius 1 is 1.56 bits per heavy atom. The number of hydrogen-bond acceptors (Lipinski definition) is 0. The van der Waals surface area contributed by atoms with E-state index < -0.39 is 0 Å². The van der Waals surface area contributed by atoms with E-state index >= 15 is 0 Å². The summed E-state index contributed by atoms with van der Waals surface area (Å²) in [6.45, 7) is 6.38. The zero-order chi connectivity index (χ0) is 7.28. The van der Waals surface area contributed by atoms with Gasteiger partial charge in [-0.05, 0) is 26.2 Å². The summed E-state index contributed by atoms with van der Waals surface area (Å²) in [4.78, 5) is 0. The van der Waals surface area contributed by atoms with Crippen molar-refractivity contribution in [1.82, 2.24) is 0 Å². The Kier molecular flexibility index (Phi) is 4.88. The fourth-order valence-electron chi connectivity index (χ4n) is 0.500. The van der Waals surface area contributed by atoms with Crippen molar-refractivity contribution in [2.45, 2.75) is 27.2 Å². The van der Waals surface area contributed by atoms with E-state index in [1.165, 1.54) is 5.57 Å². The molecule has 0 aromatic rings. The molecule has 1 heteroatoms. The van der Waals surface area contributed by atoms with Crippen LogP contribution in [0.4, 0.5) is 0 Å². The van der Waals surface area contributed by atoms with Crippen molar-refractivity contribution < 1.29 is 0 Å². The van der Waals surface area contributed by atoms with Crippen LogP contribution in [-0.2, 0) is 0 Å². The van der Waals surface area contributed by atoms with E-state index in [0.29, 0.717) is 5.92 Å². The van der Waals surface area contributed by atoms with Crippen molar-refractivity contribution in [3.05, 3.63) is 11.6 Å². The van der Waals surface area contributed by atoms with Gasteiger partial charge >= 0.3 is 0 Å². The maximum Gasteiger partial charge on any atom is 0.0252 e. The second-order valence-electron chi connectivity index (χ2n) is 2.78. The summed E-state index contributed by atoms with van der Waals surface area (Å²) < 4.78 is 0. The average molecular weight is 147 g/mol. The first-order valence-corrected chi connectivity index (χ1v) is 3.89. The summed E-state index contributed by atoms with van der Waals surface area (Å²) in [5, 5.41) is 0. The predicted octanol–water partition coefficient (Wildman–Crippen LogP) is 3.22. The first-order chi connectivity index (χ1) is 4.16. The minimum atomic E-state index is 0.626. The van der Waals surface area contributed by atoms with Crippen LogP contribution in [0.5, 0.6) is 0 Å². The van der Waals surface area contributed by atoms with Crippen LogP contribution in [0.2, 0.25) is 0 Å². The molecule has 1 atom stereocenters. The van der Waals surface area contributed by atoms with Gasteiger partial charge in [0.15, 0.2) is 0 Å². The first-order valence-electron chi connectivity index (χ1n) is 3.36. The van der Waals surface area contributed by atoms with E-state index in [1.807, 2.05) is 0 Å². The van der Waals surface area contributed by atoms with Crippen LogP contribution in [0.15, 0.2) is 11.6 Å². The van der Waals surface area contributed by atoms with Gasteiger partial charge in [0.05, 0.1) is 0 Å². The highest BCUT2D eigenvalue weighted by Gasteiger charge is 1.94. The van der Waals surface area contributed by atoms with Crippen LogP contribution in [0.1, 0.15) is 27.2 Å². The highest BCUT2D eigenvalue weighted by molar-refractivity contribution is 6.18. The summed E-state index contributed by atoms with van der Waals surface area (Å²) in [6, 6.07) is 0. The lowest BCUT2D eigenvalue weighted by Crippen LogP contribution is -1.92. The molecule has 0 aromatic heterocycles. The van der Waals surface area contributed by atoms with Gasteiger partial charge < -0.3 is 0 Å². The SMILES string of the molecule is CC(C)=CCC(C)CCl. The second kappa shape index (κ2) is 4.87. The van der Waals surface area contributed by atoms with Crippen molar-refractivity contribution in [2.75, 3.05) is 5.88 Å². The third-order valence-electron chi connectivity index (χ3n) is 1.19. The third-order valence-corrected chi connectivity index (χ3v) is 1.72. The smallest absolute Gasteiger partial charge is 0.0252 e. The maximum atomic E-state index is 5.61. The quantitative estimate of drug-likeness (QED) is 0.424. The van der Waals surface area contributed by atoms with Gasteiger partial charge in [-0.3, -0.25) is 0 Å². The van der Waals surface area contributed by atoms with Crippen LogP contribution in [-0.4, -0.2) is 5.88 Å². The molecular weight excluding hydrogens is 132 g/mol. The molecule has 0 fully saturated rings. The monoisotopic (exact) mass is 146 g/mol. The molecule has 9 heavy (non-hydrogen) atoms. The Labute approximate surface area is 62.9 Å². The summed E-state index contributed by atoms with van der Waals surface area (Å²) >= 11 is 5.61. The average Bonchev–Trinajstić information content (AvgIpc) is 1.83. The summed E-state index contributed by atoms with van der Waals surface area (Å²) in [5.74, 6) is 1.39. The lowest BCUT2D eigenvalue weighted by Gasteiger charge is -2.01.